The fourth-order valence-corrected chi connectivity index (χ4v) is 3.09. The van der Waals surface area contributed by atoms with Crippen LogP contribution in [-0.2, 0) is 13.6 Å². The maximum absolute atomic E-state index is 11.4. The van der Waals surface area contributed by atoms with Gasteiger partial charge in [0.2, 0.25) is 0 Å². The van der Waals surface area contributed by atoms with E-state index in [9.17, 15) is 9.46 Å². The average molecular weight is 361 g/mol. The Bertz CT molecular complexity index is 277. The van der Waals surface area contributed by atoms with Gasteiger partial charge in [-0.3, -0.25) is 4.57 Å². The number of phosphoric ester groups is 1. The smallest absolute Gasteiger partial charge is 0.756 e. The molecule has 0 aliphatic heterocycles. The van der Waals surface area contributed by atoms with E-state index in [1.807, 2.05) is 6.92 Å². The Balaban J connectivity index is 0. The molecule has 0 saturated heterocycles. The van der Waals surface area contributed by atoms with Crippen LogP contribution in [0.3, 0.4) is 0 Å². The van der Waals surface area contributed by atoms with Crippen molar-refractivity contribution in [2.75, 3.05) is 6.61 Å². The fraction of sp³-hybridized carbons (Fsp3) is 1.00. The third-order valence-electron chi connectivity index (χ3n) is 3.63. The third-order valence-corrected chi connectivity index (χ3v) is 4.75. The van der Waals surface area contributed by atoms with Gasteiger partial charge in [-0.2, -0.15) is 0 Å². The Kier molecular flexibility index (Phi) is 20.7. The summed E-state index contributed by atoms with van der Waals surface area (Å²) in [6, 6.07) is 0. The molecule has 0 amide bonds. The summed E-state index contributed by atoms with van der Waals surface area (Å²) in [6.45, 7) is 6.09. The first-order chi connectivity index (χ1) is 10.0. The molecule has 0 fully saturated rings. The second kappa shape index (κ2) is 17.6. The molecule has 0 spiro atoms. The molecule has 128 valence electrons. The van der Waals surface area contributed by atoms with Crippen molar-refractivity contribution in [3.63, 3.8) is 0 Å². The van der Waals surface area contributed by atoms with Gasteiger partial charge in [0, 0.05) is 0 Å². The summed E-state index contributed by atoms with van der Waals surface area (Å²) < 4.78 is 21.2. The van der Waals surface area contributed by atoms with Crippen molar-refractivity contribution in [3.8, 4) is 0 Å². The zero-order valence-electron chi connectivity index (χ0n) is 15.1. The van der Waals surface area contributed by atoms with Crippen LogP contribution in [0.25, 0.3) is 0 Å². The minimum absolute atomic E-state index is 0. The van der Waals surface area contributed by atoms with Gasteiger partial charge in [-0.05, 0) is 19.8 Å². The van der Waals surface area contributed by atoms with Crippen molar-refractivity contribution in [2.45, 2.75) is 97.5 Å². The monoisotopic (exact) mass is 360 g/mol. The maximum Gasteiger partial charge on any atom is 1.00 e. The van der Waals surface area contributed by atoms with E-state index >= 15 is 0 Å². The van der Waals surface area contributed by atoms with E-state index in [1.165, 1.54) is 44.9 Å². The van der Waals surface area contributed by atoms with E-state index in [0.717, 1.165) is 19.3 Å². The summed E-state index contributed by atoms with van der Waals surface area (Å²) >= 11 is 0. The second-order valence-corrected chi connectivity index (χ2v) is 7.15. The molecule has 2 atom stereocenters. The van der Waals surface area contributed by atoms with Gasteiger partial charge in [0.1, 0.15) is 0 Å². The molecule has 0 rings (SSSR count). The van der Waals surface area contributed by atoms with Gasteiger partial charge in [0.15, 0.2) is 0 Å². The number of rotatable bonds is 15. The average Bonchev–Trinajstić information content (AvgIpc) is 2.44. The molecule has 0 aromatic carbocycles. The van der Waals surface area contributed by atoms with Crippen molar-refractivity contribution < 1.29 is 69.9 Å². The zero-order valence-corrected chi connectivity index (χ0v) is 19.2. The molecule has 0 aliphatic rings. The first kappa shape index (κ1) is 26.0. The predicted octanol–water partition coefficient (Wildman–Crippen LogP) is 2.21. The van der Waals surface area contributed by atoms with Crippen LogP contribution in [0.5, 0.6) is 0 Å². The SMILES string of the molecule is CCCCCCCCCCCCOP(=O)([O-])OC(C)CC.[K+]. The Morgan fingerprint density at radius 2 is 1.36 bits per heavy atom. The molecule has 0 aromatic rings. The topological polar surface area (TPSA) is 58.6 Å². The Morgan fingerprint density at radius 1 is 0.909 bits per heavy atom. The minimum Gasteiger partial charge on any atom is -0.756 e. The molecule has 0 N–H and O–H groups in total. The molecular formula is C16H34KO4P. The molecule has 22 heavy (non-hydrogen) atoms. The van der Waals surface area contributed by atoms with Crippen molar-refractivity contribution >= 4 is 7.82 Å². The normalized spacial score (nSPS) is 15.1. The van der Waals surface area contributed by atoms with E-state index in [1.54, 1.807) is 6.92 Å². The van der Waals surface area contributed by atoms with Crippen LogP contribution >= 0.6 is 7.82 Å². The van der Waals surface area contributed by atoms with Crippen LogP contribution in [-0.4, -0.2) is 12.7 Å². The summed E-state index contributed by atoms with van der Waals surface area (Å²) in [5.74, 6) is 0. The van der Waals surface area contributed by atoms with Gasteiger partial charge in [-0.15, -0.1) is 0 Å². The molecule has 6 heteroatoms. The standard InChI is InChI=1S/C16H35O4P.K/c1-4-6-7-8-9-10-11-12-13-14-15-19-21(17,18)20-16(3)5-2;/h16H,4-15H2,1-3H3,(H,17,18);/q;+1/p-1. The Labute approximate surface area is 180 Å². The largest absolute Gasteiger partial charge is 1.00 e. The molecule has 0 radical (unpaired) electrons. The maximum atomic E-state index is 11.4. The van der Waals surface area contributed by atoms with Crippen molar-refractivity contribution in [2.24, 2.45) is 0 Å². The molecule has 0 bridgehead atoms. The van der Waals surface area contributed by atoms with E-state index in [-0.39, 0.29) is 64.1 Å². The van der Waals surface area contributed by atoms with Gasteiger partial charge in [0.05, 0.1) is 12.7 Å². The van der Waals surface area contributed by atoms with Crippen LogP contribution in [0, 0.1) is 0 Å². The molecular weight excluding hydrogens is 326 g/mol. The summed E-state index contributed by atoms with van der Waals surface area (Å²) in [7, 11) is -4.09. The van der Waals surface area contributed by atoms with Gasteiger partial charge >= 0.3 is 51.4 Å². The number of unbranched alkanes of at least 4 members (excludes halogenated alkanes) is 9. The Morgan fingerprint density at radius 3 is 1.82 bits per heavy atom. The molecule has 4 nitrogen and oxygen atoms in total. The quantitative estimate of drug-likeness (QED) is 0.255. The number of hydrogen-bond donors (Lipinski definition) is 0. The van der Waals surface area contributed by atoms with Crippen LogP contribution in [0.15, 0.2) is 0 Å². The second-order valence-electron chi connectivity index (χ2n) is 5.79. The number of phosphoric acid groups is 1. The molecule has 0 aliphatic carbocycles. The summed E-state index contributed by atoms with van der Waals surface area (Å²) in [4.78, 5) is 11.4. The molecule has 0 saturated carbocycles. The molecule has 0 heterocycles. The predicted molar refractivity (Wildman–Crippen MR) is 86.2 cm³/mol. The van der Waals surface area contributed by atoms with Crippen molar-refractivity contribution in [1.29, 1.82) is 0 Å². The minimum atomic E-state index is -4.09. The Hall–Kier alpha value is 1.75. The molecule has 0 aromatic heterocycles. The van der Waals surface area contributed by atoms with Crippen LogP contribution in [0.4, 0.5) is 0 Å². The van der Waals surface area contributed by atoms with Gasteiger partial charge < -0.3 is 13.9 Å². The van der Waals surface area contributed by atoms with Crippen LogP contribution in [0.1, 0.15) is 91.4 Å². The van der Waals surface area contributed by atoms with E-state index in [4.69, 9.17) is 9.05 Å². The van der Waals surface area contributed by atoms with Crippen LogP contribution < -0.4 is 56.3 Å². The number of hydrogen-bond acceptors (Lipinski definition) is 4. The zero-order chi connectivity index (χ0) is 16.0. The summed E-state index contributed by atoms with van der Waals surface area (Å²) in [5, 5.41) is 0. The molecule has 2 unspecified atom stereocenters. The fourth-order valence-electron chi connectivity index (χ4n) is 2.09. The van der Waals surface area contributed by atoms with Crippen molar-refractivity contribution in [3.05, 3.63) is 0 Å². The first-order valence-corrected chi connectivity index (χ1v) is 10.1. The van der Waals surface area contributed by atoms with E-state index < -0.39 is 7.82 Å². The van der Waals surface area contributed by atoms with Crippen molar-refractivity contribution in [1.82, 2.24) is 0 Å². The van der Waals surface area contributed by atoms with E-state index in [2.05, 4.69) is 6.92 Å². The van der Waals surface area contributed by atoms with Gasteiger partial charge in [0.25, 0.3) is 7.82 Å². The van der Waals surface area contributed by atoms with Gasteiger partial charge in [-0.1, -0.05) is 71.6 Å². The third kappa shape index (κ3) is 18.1. The van der Waals surface area contributed by atoms with Gasteiger partial charge in [-0.25, -0.2) is 0 Å². The van der Waals surface area contributed by atoms with E-state index in [0.29, 0.717) is 6.42 Å². The summed E-state index contributed by atoms with van der Waals surface area (Å²) in [6.07, 6.45) is 12.5. The van der Waals surface area contributed by atoms with Crippen LogP contribution in [0.2, 0.25) is 0 Å². The first-order valence-electron chi connectivity index (χ1n) is 8.65. The summed E-state index contributed by atoms with van der Waals surface area (Å²) in [5.41, 5.74) is 0.